The third kappa shape index (κ3) is 3.93. The third-order valence-electron chi connectivity index (χ3n) is 4.31. The van der Waals surface area contributed by atoms with Crippen LogP contribution in [0.2, 0.25) is 0 Å². The lowest BCUT2D eigenvalue weighted by atomic mass is 10.0. The number of aromatic nitrogens is 2. The van der Waals surface area contributed by atoms with Gasteiger partial charge in [0.1, 0.15) is 5.69 Å². The molecule has 2 aromatic rings. The Bertz CT molecular complexity index is 640. The summed E-state index contributed by atoms with van der Waals surface area (Å²) in [6, 6.07) is 9.81. The molecule has 1 amide bonds. The van der Waals surface area contributed by atoms with Crippen LogP contribution >= 0.6 is 0 Å². The number of rotatable bonds is 5. The van der Waals surface area contributed by atoms with E-state index in [1.54, 1.807) is 11.1 Å². The van der Waals surface area contributed by atoms with Crippen LogP contribution in [-0.2, 0) is 6.54 Å². The molecule has 5 heteroatoms. The van der Waals surface area contributed by atoms with E-state index >= 15 is 0 Å². The maximum Gasteiger partial charge on any atom is 0.274 e. The van der Waals surface area contributed by atoms with Gasteiger partial charge in [0.2, 0.25) is 0 Å². The van der Waals surface area contributed by atoms with Gasteiger partial charge < -0.3 is 10.0 Å². The number of amides is 1. The van der Waals surface area contributed by atoms with Crippen LogP contribution in [0.3, 0.4) is 0 Å². The summed E-state index contributed by atoms with van der Waals surface area (Å²) in [4.78, 5) is 22.6. The van der Waals surface area contributed by atoms with Gasteiger partial charge >= 0.3 is 0 Å². The molecule has 1 N–H and O–H groups in total. The maximum absolute atomic E-state index is 12.8. The summed E-state index contributed by atoms with van der Waals surface area (Å²) in [5, 5.41) is 10.7. The van der Waals surface area contributed by atoms with E-state index in [2.05, 4.69) is 9.97 Å². The molecule has 120 valence electrons. The molecule has 3 rings (SSSR count). The van der Waals surface area contributed by atoms with Crippen LogP contribution in [0.4, 0.5) is 0 Å². The number of benzene rings is 1. The molecule has 1 saturated carbocycles. The first-order valence-corrected chi connectivity index (χ1v) is 7.98. The van der Waals surface area contributed by atoms with Crippen molar-refractivity contribution < 1.29 is 9.90 Å². The van der Waals surface area contributed by atoms with E-state index in [0.717, 1.165) is 31.2 Å². The Hall–Kier alpha value is -2.27. The minimum Gasteiger partial charge on any atom is -0.388 e. The highest BCUT2D eigenvalue weighted by Crippen LogP contribution is 2.31. The van der Waals surface area contributed by atoms with E-state index in [1.165, 1.54) is 12.4 Å². The van der Waals surface area contributed by atoms with Crippen LogP contribution in [0, 0.1) is 0 Å². The summed E-state index contributed by atoms with van der Waals surface area (Å²) in [5.41, 5.74) is 0.559. The molecule has 1 aromatic heterocycles. The number of carbonyl (C=O) groups is 1. The fourth-order valence-electron chi connectivity index (χ4n) is 3.12. The van der Waals surface area contributed by atoms with Crippen molar-refractivity contribution in [3.63, 3.8) is 0 Å². The molecule has 0 spiro atoms. The molecular weight excluding hydrogens is 290 g/mol. The van der Waals surface area contributed by atoms with Gasteiger partial charge in [0.05, 0.1) is 18.3 Å². The maximum atomic E-state index is 12.8. The Morgan fingerprint density at radius 3 is 2.57 bits per heavy atom. The normalized spacial score (nSPS) is 16.2. The first-order chi connectivity index (χ1) is 11.2. The van der Waals surface area contributed by atoms with Gasteiger partial charge in [-0.3, -0.25) is 9.78 Å². The molecule has 1 aliphatic rings. The van der Waals surface area contributed by atoms with Gasteiger partial charge in [0.25, 0.3) is 5.91 Å². The van der Waals surface area contributed by atoms with Gasteiger partial charge in [-0.1, -0.05) is 43.2 Å². The lowest BCUT2D eigenvalue weighted by Crippen LogP contribution is -2.44. The molecule has 1 heterocycles. The van der Waals surface area contributed by atoms with E-state index < -0.39 is 5.60 Å². The minimum absolute atomic E-state index is 0.192. The van der Waals surface area contributed by atoms with Crippen molar-refractivity contribution in [2.24, 2.45) is 0 Å². The zero-order valence-corrected chi connectivity index (χ0v) is 13.1. The summed E-state index contributed by atoms with van der Waals surface area (Å²) in [7, 11) is 0. The Morgan fingerprint density at radius 1 is 1.17 bits per heavy atom. The molecule has 1 fully saturated rings. The summed E-state index contributed by atoms with van der Waals surface area (Å²) in [6.45, 7) is 0.788. The van der Waals surface area contributed by atoms with Crippen molar-refractivity contribution in [1.82, 2.24) is 14.9 Å². The van der Waals surface area contributed by atoms with Crippen molar-refractivity contribution in [3.05, 3.63) is 60.2 Å². The van der Waals surface area contributed by atoms with E-state index in [0.29, 0.717) is 18.8 Å². The number of carbonyl (C=O) groups excluding carboxylic acids is 1. The van der Waals surface area contributed by atoms with E-state index in [-0.39, 0.29) is 5.91 Å². The zero-order valence-electron chi connectivity index (χ0n) is 13.1. The predicted molar refractivity (Wildman–Crippen MR) is 86.6 cm³/mol. The Labute approximate surface area is 136 Å². The lowest BCUT2D eigenvalue weighted by molar-refractivity contribution is 0.00762. The van der Waals surface area contributed by atoms with Crippen molar-refractivity contribution in [2.75, 3.05) is 6.54 Å². The van der Waals surface area contributed by atoms with E-state index in [9.17, 15) is 9.90 Å². The number of hydrogen-bond acceptors (Lipinski definition) is 4. The molecule has 1 aliphatic carbocycles. The molecule has 0 aliphatic heterocycles. The summed E-state index contributed by atoms with van der Waals surface area (Å²) >= 11 is 0. The fourth-order valence-corrected chi connectivity index (χ4v) is 3.12. The molecule has 0 saturated heterocycles. The molecule has 5 nitrogen and oxygen atoms in total. The number of aliphatic hydroxyl groups is 1. The largest absolute Gasteiger partial charge is 0.388 e. The molecule has 0 atom stereocenters. The van der Waals surface area contributed by atoms with Gasteiger partial charge in [0.15, 0.2) is 0 Å². The smallest absolute Gasteiger partial charge is 0.274 e. The Balaban J connectivity index is 1.82. The highest BCUT2D eigenvalue weighted by Gasteiger charge is 2.35. The predicted octanol–water partition coefficient (Wildman–Crippen LogP) is 2.42. The average molecular weight is 311 g/mol. The van der Waals surface area contributed by atoms with Crippen LogP contribution in [-0.4, -0.2) is 38.0 Å². The first kappa shape index (κ1) is 15.6. The molecule has 0 unspecified atom stereocenters. The van der Waals surface area contributed by atoms with Crippen molar-refractivity contribution >= 4 is 5.91 Å². The Morgan fingerprint density at radius 2 is 1.91 bits per heavy atom. The monoisotopic (exact) mass is 311 g/mol. The molecule has 1 aromatic carbocycles. The molecule has 0 radical (unpaired) electrons. The molecule has 23 heavy (non-hydrogen) atoms. The minimum atomic E-state index is -0.785. The van der Waals surface area contributed by atoms with Crippen LogP contribution in [0.1, 0.15) is 41.7 Å². The summed E-state index contributed by atoms with van der Waals surface area (Å²) in [6.07, 6.45) is 8.03. The second kappa shape index (κ2) is 6.87. The van der Waals surface area contributed by atoms with Crippen molar-refractivity contribution in [2.45, 2.75) is 37.8 Å². The van der Waals surface area contributed by atoms with Crippen LogP contribution in [0.5, 0.6) is 0 Å². The lowest BCUT2D eigenvalue weighted by Gasteiger charge is -2.31. The number of nitrogens with zero attached hydrogens (tertiary/aromatic N) is 3. The highest BCUT2D eigenvalue weighted by molar-refractivity contribution is 5.92. The second-order valence-electron chi connectivity index (χ2n) is 6.17. The van der Waals surface area contributed by atoms with Crippen LogP contribution < -0.4 is 0 Å². The van der Waals surface area contributed by atoms with Gasteiger partial charge in [-0.25, -0.2) is 4.98 Å². The fraction of sp³-hybridized carbons (Fsp3) is 0.389. The molecule has 0 bridgehead atoms. The standard InChI is InChI=1S/C18H21N3O2/c22-17(16-12-19-10-11-20-16)21(13-15-6-2-1-3-7-15)14-18(23)8-4-5-9-18/h1-3,6-7,10-12,23H,4-5,8-9,13-14H2. The van der Waals surface area contributed by atoms with Crippen LogP contribution in [0.15, 0.2) is 48.9 Å². The molecular formula is C18H21N3O2. The van der Waals surface area contributed by atoms with Crippen LogP contribution in [0.25, 0.3) is 0 Å². The van der Waals surface area contributed by atoms with Crippen molar-refractivity contribution in [1.29, 1.82) is 0 Å². The Kier molecular flexibility index (Phi) is 4.67. The average Bonchev–Trinajstić information content (AvgIpc) is 3.02. The quantitative estimate of drug-likeness (QED) is 0.921. The topological polar surface area (TPSA) is 66.3 Å². The van der Waals surface area contributed by atoms with Gasteiger partial charge in [0, 0.05) is 18.9 Å². The van der Waals surface area contributed by atoms with Gasteiger partial charge in [-0.05, 0) is 18.4 Å². The third-order valence-corrected chi connectivity index (χ3v) is 4.31. The van der Waals surface area contributed by atoms with Gasteiger partial charge in [-0.15, -0.1) is 0 Å². The summed E-state index contributed by atoms with van der Waals surface area (Å²) < 4.78 is 0. The van der Waals surface area contributed by atoms with E-state index in [4.69, 9.17) is 0 Å². The number of hydrogen-bond donors (Lipinski definition) is 1. The highest BCUT2D eigenvalue weighted by atomic mass is 16.3. The van der Waals surface area contributed by atoms with Crippen molar-refractivity contribution in [3.8, 4) is 0 Å². The SMILES string of the molecule is O=C(c1cnccn1)N(Cc1ccccc1)CC1(O)CCCC1. The summed E-state index contributed by atoms with van der Waals surface area (Å²) in [5.74, 6) is -0.192. The van der Waals surface area contributed by atoms with E-state index in [1.807, 2.05) is 30.3 Å². The second-order valence-corrected chi connectivity index (χ2v) is 6.17. The zero-order chi connectivity index (χ0) is 16.1. The van der Waals surface area contributed by atoms with Gasteiger partial charge in [-0.2, -0.15) is 0 Å². The first-order valence-electron chi connectivity index (χ1n) is 7.98.